The number of benzene rings is 1. The van der Waals surface area contributed by atoms with Crippen LogP contribution in [0.2, 0.25) is 0 Å². The van der Waals surface area contributed by atoms with E-state index in [1.807, 2.05) is 31.2 Å². The lowest BCUT2D eigenvalue weighted by Crippen LogP contribution is -2.43. The lowest BCUT2D eigenvalue weighted by atomic mass is 10.1. The van der Waals surface area contributed by atoms with E-state index in [1.165, 1.54) is 0 Å². The molecular formula is C18H24N2O12P2. The minimum atomic E-state index is -5.35. The molecule has 0 aliphatic carbocycles. The van der Waals surface area contributed by atoms with Gasteiger partial charge in [-0.3, -0.25) is 18.5 Å². The molecule has 5 N–H and O–H groups in total. The standard InChI is InChI=1S/C18H24N2O12P2/c1-11-4-2-3-5-12(11)6-8-19-14(21)7-9-20(18(19)24)17-16(23)15(22)13(31-17)10-30-34(28,29)32-33(25,26)27/h2-5,7,9,13,15-17,22-23H,6,8,10H2,1H3,(H,28,29)(H2,25,26,27)/t13-,15+,16+,17-/m1/s1. The lowest BCUT2D eigenvalue weighted by Gasteiger charge is -2.19. The van der Waals surface area contributed by atoms with Crippen molar-refractivity contribution in [2.45, 2.75) is 44.4 Å². The maximum Gasteiger partial charge on any atom is 0.481 e. The molecule has 1 aromatic carbocycles. The maximum absolute atomic E-state index is 12.9. The molecule has 3 rings (SSSR count). The monoisotopic (exact) mass is 522 g/mol. The highest BCUT2D eigenvalue weighted by Gasteiger charge is 2.46. The number of rotatable bonds is 9. The van der Waals surface area contributed by atoms with Crippen molar-refractivity contribution >= 4 is 15.6 Å². The molecule has 5 atom stereocenters. The van der Waals surface area contributed by atoms with E-state index in [1.54, 1.807) is 0 Å². The van der Waals surface area contributed by atoms with Gasteiger partial charge in [0.25, 0.3) is 5.56 Å². The summed E-state index contributed by atoms with van der Waals surface area (Å²) in [6.45, 7) is 1.02. The molecule has 2 aromatic rings. The Labute approximate surface area is 192 Å². The van der Waals surface area contributed by atoms with Crippen LogP contribution in [0, 0.1) is 6.92 Å². The third-order valence-electron chi connectivity index (χ3n) is 5.18. The van der Waals surface area contributed by atoms with Crippen molar-refractivity contribution in [2.24, 2.45) is 0 Å². The SMILES string of the molecule is Cc1ccccc1CCn1c(=O)ccn([C@@H]2O[C@H](COP(=O)(O)OP(=O)(O)O)[C@H](O)[C@@H]2O)c1=O. The number of phosphoric ester groups is 1. The van der Waals surface area contributed by atoms with Crippen LogP contribution in [-0.2, 0) is 35.7 Å². The number of aliphatic hydroxyl groups excluding tert-OH is 2. The first-order chi connectivity index (χ1) is 15.8. The molecule has 0 amide bonds. The Morgan fingerprint density at radius 1 is 1.06 bits per heavy atom. The Bertz CT molecular complexity index is 1240. The molecular weight excluding hydrogens is 498 g/mol. The second-order valence-corrected chi connectivity index (χ2v) is 10.4. The van der Waals surface area contributed by atoms with Gasteiger partial charge in [-0.05, 0) is 24.5 Å². The third kappa shape index (κ3) is 6.37. The summed E-state index contributed by atoms with van der Waals surface area (Å²) in [6.07, 6.45) is -4.91. The van der Waals surface area contributed by atoms with E-state index < -0.39 is 58.0 Å². The van der Waals surface area contributed by atoms with Crippen LogP contribution in [0.25, 0.3) is 0 Å². The van der Waals surface area contributed by atoms with Crippen molar-refractivity contribution in [3.05, 3.63) is 68.5 Å². The van der Waals surface area contributed by atoms with E-state index >= 15 is 0 Å². The van der Waals surface area contributed by atoms with Gasteiger partial charge in [0.2, 0.25) is 0 Å². The maximum atomic E-state index is 12.9. The van der Waals surface area contributed by atoms with E-state index in [0.29, 0.717) is 6.42 Å². The Morgan fingerprint density at radius 2 is 1.74 bits per heavy atom. The Morgan fingerprint density at radius 3 is 2.38 bits per heavy atom. The van der Waals surface area contributed by atoms with Gasteiger partial charge in [0.05, 0.1) is 6.61 Å². The van der Waals surface area contributed by atoms with Crippen molar-refractivity contribution in [3.63, 3.8) is 0 Å². The van der Waals surface area contributed by atoms with Gasteiger partial charge in [0.15, 0.2) is 6.23 Å². The van der Waals surface area contributed by atoms with E-state index in [0.717, 1.165) is 32.5 Å². The normalized spacial score (nSPS) is 24.8. The zero-order chi connectivity index (χ0) is 25.3. The fourth-order valence-corrected chi connectivity index (χ4v) is 5.08. The molecule has 34 heavy (non-hydrogen) atoms. The summed E-state index contributed by atoms with van der Waals surface area (Å²) in [5.41, 5.74) is 0.506. The summed E-state index contributed by atoms with van der Waals surface area (Å²) >= 11 is 0. The summed E-state index contributed by atoms with van der Waals surface area (Å²) in [7, 11) is -10.6. The molecule has 14 nitrogen and oxygen atoms in total. The second kappa shape index (κ2) is 10.3. The summed E-state index contributed by atoms with van der Waals surface area (Å²) in [5.74, 6) is 0. The number of aryl methyl sites for hydroxylation is 2. The quantitative estimate of drug-likeness (QED) is 0.262. The third-order valence-corrected chi connectivity index (χ3v) is 7.34. The number of hydrogen-bond acceptors (Lipinski definition) is 9. The highest BCUT2D eigenvalue weighted by atomic mass is 31.3. The van der Waals surface area contributed by atoms with Crippen molar-refractivity contribution in [1.82, 2.24) is 9.13 Å². The van der Waals surface area contributed by atoms with Crippen molar-refractivity contribution in [1.29, 1.82) is 0 Å². The smallest absolute Gasteiger partial charge is 0.387 e. The molecule has 188 valence electrons. The van der Waals surface area contributed by atoms with E-state index in [9.17, 15) is 33.8 Å². The molecule has 1 aromatic heterocycles. The highest BCUT2D eigenvalue weighted by Crippen LogP contribution is 2.57. The van der Waals surface area contributed by atoms with Gasteiger partial charge in [-0.15, -0.1) is 0 Å². The van der Waals surface area contributed by atoms with Crippen molar-refractivity contribution in [2.75, 3.05) is 6.61 Å². The topological polar surface area (TPSA) is 207 Å². The van der Waals surface area contributed by atoms with E-state index in [-0.39, 0.29) is 6.54 Å². The largest absolute Gasteiger partial charge is 0.481 e. The van der Waals surface area contributed by atoms with E-state index in [2.05, 4.69) is 8.83 Å². The second-order valence-electron chi connectivity index (χ2n) is 7.55. The first-order valence-corrected chi connectivity index (χ1v) is 12.9. The number of ether oxygens (including phenoxy) is 1. The Kier molecular flexibility index (Phi) is 8.10. The zero-order valence-corrected chi connectivity index (χ0v) is 19.6. The number of hydrogen-bond donors (Lipinski definition) is 5. The minimum Gasteiger partial charge on any atom is -0.387 e. The molecule has 0 spiro atoms. The summed E-state index contributed by atoms with van der Waals surface area (Å²) < 4.78 is 37.6. The number of aliphatic hydroxyl groups is 2. The van der Waals surface area contributed by atoms with Crippen LogP contribution < -0.4 is 11.2 Å². The van der Waals surface area contributed by atoms with Crippen LogP contribution in [-0.4, -0.2) is 58.9 Å². The van der Waals surface area contributed by atoms with Gasteiger partial charge in [-0.2, -0.15) is 4.31 Å². The molecule has 1 unspecified atom stereocenters. The fraction of sp³-hybridized carbons (Fsp3) is 0.444. The van der Waals surface area contributed by atoms with Gasteiger partial charge >= 0.3 is 21.3 Å². The summed E-state index contributed by atoms with van der Waals surface area (Å²) in [4.78, 5) is 51.9. The zero-order valence-electron chi connectivity index (χ0n) is 17.8. The van der Waals surface area contributed by atoms with Gasteiger partial charge in [-0.1, -0.05) is 24.3 Å². The lowest BCUT2D eigenvalue weighted by molar-refractivity contribution is -0.0548. The molecule has 0 bridgehead atoms. The molecule has 1 fully saturated rings. The minimum absolute atomic E-state index is 0.0364. The number of phosphoric acid groups is 2. The van der Waals surface area contributed by atoms with E-state index in [4.69, 9.17) is 14.5 Å². The van der Waals surface area contributed by atoms with Crippen LogP contribution >= 0.6 is 15.6 Å². The Balaban J connectivity index is 1.76. The van der Waals surface area contributed by atoms with Gasteiger partial charge in [0, 0.05) is 18.8 Å². The molecule has 2 heterocycles. The Hall–Kier alpha value is -1.96. The first-order valence-electron chi connectivity index (χ1n) is 9.91. The summed E-state index contributed by atoms with van der Waals surface area (Å²) in [6, 6.07) is 8.53. The van der Waals surface area contributed by atoms with Crippen LogP contribution in [0.3, 0.4) is 0 Å². The average Bonchev–Trinajstić information content (AvgIpc) is 3.00. The molecule has 0 radical (unpaired) electrons. The van der Waals surface area contributed by atoms with Gasteiger partial charge < -0.3 is 29.6 Å². The highest BCUT2D eigenvalue weighted by molar-refractivity contribution is 7.60. The molecule has 16 heteroatoms. The van der Waals surface area contributed by atoms with Crippen LogP contribution in [0.5, 0.6) is 0 Å². The van der Waals surface area contributed by atoms with Crippen LogP contribution in [0.15, 0.2) is 46.1 Å². The van der Waals surface area contributed by atoms with Gasteiger partial charge in [-0.25, -0.2) is 13.9 Å². The van der Waals surface area contributed by atoms with Gasteiger partial charge in [0.1, 0.15) is 18.3 Å². The van der Waals surface area contributed by atoms with Crippen molar-refractivity contribution < 1.29 is 47.6 Å². The number of aromatic nitrogens is 2. The molecule has 1 saturated heterocycles. The fourth-order valence-electron chi connectivity index (χ4n) is 3.48. The molecule has 1 aliphatic heterocycles. The molecule has 1 aliphatic rings. The number of nitrogens with zero attached hydrogens (tertiary/aromatic N) is 2. The summed E-state index contributed by atoms with van der Waals surface area (Å²) in [5, 5.41) is 20.6. The van der Waals surface area contributed by atoms with Crippen molar-refractivity contribution in [3.8, 4) is 0 Å². The predicted octanol–water partition coefficient (Wildman–Crippen LogP) is -0.593. The van der Waals surface area contributed by atoms with Crippen LogP contribution in [0.1, 0.15) is 17.4 Å². The molecule has 0 saturated carbocycles. The van der Waals surface area contributed by atoms with Crippen LogP contribution in [0.4, 0.5) is 0 Å². The predicted molar refractivity (Wildman–Crippen MR) is 115 cm³/mol. The first kappa shape index (κ1) is 26.6. The average molecular weight is 522 g/mol.